The zero-order valence-corrected chi connectivity index (χ0v) is 16.1. The number of benzene rings is 4. The number of aryl methyl sites for hydroxylation is 1. The molecule has 1 aromatic heterocycles. The van der Waals surface area contributed by atoms with E-state index in [0.29, 0.717) is 5.02 Å². The molecule has 0 bridgehead atoms. The molecule has 0 saturated carbocycles. The van der Waals surface area contributed by atoms with Crippen LogP contribution in [0, 0.1) is 6.92 Å². The van der Waals surface area contributed by atoms with E-state index in [1.165, 1.54) is 0 Å². The van der Waals surface area contributed by atoms with E-state index in [4.69, 9.17) is 16.0 Å². The third-order valence-electron chi connectivity index (χ3n) is 5.00. The predicted octanol–water partition coefficient (Wildman–Crippen LogP) is 8.02. The van der Waals surface area contributed by atoms with Gasteiger partial charge in [-0.05, 0) is 61.0 Å². The van der Waals surface area contributed by atoms with Crippen molar-refractivity contribution in [2.75, 3.05) is 4.90 Å². The van der Waals surface area contributed by atoms with Gasteiger partial charge in [0.15, 0.2) is 0 Å². The zero-order valence-electron chi connectivity index (χ0n) is 15.4. The van der Waals surface area contributed by atoms with E-state index < -0.39 is 0 Å². The molecule has 1 heterocycles. The van der Waals surface area contributed by atoms with Gasteiger partial charge in [-0.15, -0.1) is 0 Å². The highest BCUT2D eigenvalue weighted by molar-refractivity contribution is 6.31. The van der Waals surface area contributed by atoms with Crippen LogP contribution in [0.5, 0.6) is 0 Å². The summed E-state index contributed by atoms with van der Waals surface area (Å²) in [5, 5.41) is 2.90. The number of hydrogen-bond acceptors (Lipinski definition) is 2. The average molecular weight is 384 g/mol. The van der Waals surface area contributed by atoms with Crippen LogP contribution in [0.1, 0.15) is 5.56 Å². The minimum atomic E-state index is 0.694. The lowest BCUT2D eigenvalue weighted by atomic mass is 10.1. The van der Waals surface area contributed by atoms with E-state index >= 15 is 0 Å². The number of nitrogens with zero attached hydrogens (tertiary/aromatic N) is 1. The van der Waals surface area contributed by atoms with Crippen molar-refractivity contribution in [3.8, 4) is 0 Å². The van der Waals surface area contributed by atoms with Crippen LogP contribution in [0.3, 0.4) is 0 Å². The molecule has 0 aliphatic rings. The van der Waals surface area contributed by atoms with Gasteiger partial charge in [-0.25, -0.2) is 0 Å². The lowest BCUT2D eigenvalue weighted by molar-refractivity contribution is 0.669. The lowest BCUT2D eigenvalue weighted by Crippen LogP contribution is -2.09. The molecule has 28 heavy (non-hydrogen) atoms. The van der Waals surface area contributed by atoms with E-state index in [-0.39, 0.29) is 0 Å². The summed E-state index contributed by atoms with van der Waals surface area (Å²) in [5.41, 5.74) is 6.11. The molecule has 0 atom stereocenters. The van der Waals surface area contributed by atoms with Crippen LogP contribution in [0.25, 0.3) is 21.9 Å². The van der Waals surface area contributed by atoms with Crippen molar-refractivity contribution in [3.63, 3.8) is 0 Å². The molecule has 0 N–H and O–H groups in total. The smallest absolute Gasteiger partial charge is 0.137 e. The van der Waals surface area contributed by atoms with Crippen molar-refractivity contribution in [2.24, 2.45) is 0 Å². The molecule has 0 saturated heterocycles. The summed E-state index contributed by atoms with van der Waals surface area (Å²) in [7, 11) is 0. The van der Waals surface area contributed by atoms with Crippen LogP contribution in [0.4, 0.5) is 17.1 Å². The van der Waals surface area contributed by atoms with Gasteiger partial charge in [0.1, 0.15) is 11.2 Å². The van der Waals surface area contributed by atoms with Gasteiger partial charge in [-0.1, -0.05) is 48.0 Å². The molecule has 0 aliphatic heterocycles. The molecule has 0 unspecified atom stereocenters. The Bertz CT molecular complexity index is 1240. The van der Waals surface area contributed by atoms with Crippen molar-refractivity contribution >= 4 is 50.6 Å². The fourth-order valence-corrected chi connectivity index (χ4v) is 4.06. The van der Waals surface area contributed by atoms with Gasteiger partial charge in [-0.2, -0.15) is 0 Å². The lowest BCUT2D eigenvalue weighted by Gasteiger charge is -2.25. The fraction of sp³-hybridized carbons (Fsp3) is 0.0400. The molecule has 0 aliphatic carbocycles. The Morgan fingerprint density at radius 3 is 1.96 bits per heavy atom. The van der Waals surface area contributed by atoms with Gasteiger partial charge in [-0.3, -0.25) is 0 Å². The second-order valence-electron chi connectivity index (χ2n) is 6.88. The molecule has 136 valence electrons. The topological polar surface area (TPSA) is 16.4 Å². The fourth-order valence-electron chi connectivity index (χ4n) is 3.80. The predicted molar refractivity (Wildman–Crippen MR) is 118 cm³/mol. The third kappa shape index (κ3) is 2.83. The van der Waals surface area contributed by atoms with Crippen molar-refractivity contribution < 1.29 is 4.42 Å². The highest BCUT2D eigenvalue weighted by atomic mass is 35.5. The van der Waals surface area contributed by atoms with Gasteiger partial charge in [0, 0.05) is 38.9 Å². The first-order valence-electron chi connectivity index (χ1n) is 9.23. The summed E-state index contributed by atoms with van der Waals surface area (Å²) < 4.78 is 6.06. The van der Waals surface area contributed by atoms with E-state index in [9.17, 15) is 0 Å². The highest BCUT2D eigenvalue weighted by Crippen LogP contribution is 2.39. The van der Waals surface area contributed by atoms with Crippen LogP contribution in [0.15, 0.2) is 95.4 Å². The first-order chi connectivity index (χ1) is 13.7. The first kappa shape index (κ1) is 16.9. The van der Waals surface area contributed by atoms with E-state index in [1.54, 1.807) is 0 Å². The molecule has 3 heteroatoms. The van der Waals surface area contributed by atoms with Crippen molar-refractivity contribution in [3.05, 3.63) is 102 Å². The van der Waals surface area contributed by atoms with Crippen LogP contribution >= 0.6 is 11.6 Å². The molecule has 5 aromatic rings. The normalized spacial score (nSPS) is 11.2. The standard InChI is InChI=1S/C25H18ClNO/c1-17-14-18(26)15-24-25(17)22-16-21(12-13-23(22)28-24)27(19-8-4-2-5-9-19)20-10-6-3-7-11-20/h2-16H,1H3. The molecule has 0 fully saturated rings. The number of anilines is 3. The maximum atomic E-state index is 6.23. The van der Waals surface area contributed by atoms with E-state index in [1.807, 2.05) is 30.3 Å². The molecule has 0 amide bonds. The van der Waals surface area contributed by atoms with Crippen LogP contribution in [0.2, 0.25) is 5.02 Å². The third-order valence-corrected chi connectivity index (χ3v) is 5.22. The number of fused-ring (bicyclic) bond motifs is 3. The Morgan fingerprint density at radius 2 is 1.32 bits per heavy atom. The summed E-state index contributed by atoms with van der Waals surface area (Å²) >= 11 is 6.23. The van der Waals surface area contributed by atoms with Crippen molar-refractivity contribution in [2.45, 2.75) is 6.92 Å². The van der Waals surface area contributed by atoms with Gasteiger partial charge in [0.05, 0.1) is 0 Å². The summed E-state index contributed by atoms with van der Waals surface area (Å²) in [6.07, 6.45) is 0. The highest BCUT2D eigenvalue weighted by Gasteiger charge is 2.16. The first-order valence-corrected chi connectivity index (χ1v) is 9.61. The number of hydrogen-bond donors (Lipinski definition) is 0. The Kier molecular flexibility index (Phi) is 4.07. The second-order valence-corrected chi connectivity index (χ2v) is 7.32. The molecular weight excluding hydrogens is 366 g/mol. The van der Waals surface area contributed by atoms with Crippen molar-refractivity contribution in [1.82, 2.24) is 0 Å². The molecular formula is C25H18ClNO. The summed E-state index contributed by atoms with van der Waals surface area (Å²) in [4.78, 5) is 2.25. The van der Waals surface area contributed by atoms with E-state index in [2.05, 4.69) is 72.5 Å². The summed E-state index contributed by atoms with van der Waals surface area (Å²) in [6.45, 7) is 2.07. The van der Waals surface area contributed by atoms with Gasteiger partial charge in [0.2, 0.25) is 0 Å². The van der Waals surface area contributed by atoms with Gasteiger partial charge < -0.3 is 9.32 Å². The van der Waals surface area contributed by atoms with Crippen LogP contribution in [-0.2, 0) is 0 Å². The Labute approximate surface area is 168 Å². The maximum absolute atomic E-state index is 6.23. The van der Waals surface area contributed by atoms with Gasteiger partial charge >= 0.3 is 0 Å². The molecule has 0 spiro atoms. The quantitative estimate of drug-likeness (QED) is 0.313. The minimum absolute atomic E-state index is 0.694. The molecule has 0 radical (unpaired) electrons. The number of rotatable bonds is 3. The number of halogens is 1. The van der Waals surface area contributed by atoms with Gasteiger partial charge in [0.25, 0.3) is 0 Å². The number of para-hydroxylation sites is 2. The van der Waals surface area contributed by atoms with E-state index in [0.717, 1.165) is 44.6 Å². The number of furan rings is 1. The maximum Gasteiger partial charge on any atom is 0.137 e. The molecule has 5 rings (SSSR count). The average Bonchev–Trinajstić information content (AvgIpc) is 3.07. The summed E-state index contributed by atoms with van der Waals surface area (Å²) in [5.74, 6) is 0. The molecule has 4 aromatic carbocycles. The van der Waals surface area contributed by atoms with Crippen molar-refractivity contribution in [1.29, 1.82) is 0 Å². The Balaban J connectivity index is 1.76. The Morgan fingerprint density at radius 1 is 0.679 bits per heavy atom. The zero-order chi connectivity index (χ0) is 19.1. The monoisotopic (exact) mass is 383 g/mol. The summed E-state index contributed by atoms with van der Waals surface area (Å²) in [6, 6.07) is 31.0. The van der Waals surface area contributed by atoms with Crippen LogP contribution in [-0.4, -0.2) is 0 Å². The SMILES string of the molecule is Cc1cc(Cl)cc2oc3ccc(N(c4ccccc4)c4ccccc4)cc3c12. The minimum Gasteiger partial charge on any atom is -0.456 e. The van der Waals surface area contributed by atoms with Crippen LogP contribution < -0.4 is 4.90 Å². The second kappa shape index (κ2) is 6.74. The molecule has 2 nitrogen and oxygen atoms in total. The largest absolute Gasteiger partial charge is 0.456 e. The Hall–Kier alpha value is -3.23.